The van der Waals surface area contributed by atoms with E-state index in [9.17, 15) is 4.79 Å². The third-order valence-corrected chi connectivity index (χ3v) is 3.70. The van der Waals surface area contributed by atoms with E-state index < -0.39 is 11.9 Å². The van der Waals surface area contributed by atoms with E-state index in [1.54, 1.807) is 6.92 Å². The molecule has 1 N–H and O–H groups in total. The van der Waals surface area contributed by atoms with Crippen LogP contribution >= 0.6 is 12.4 Å². The standard InChI is InChI=1S/C14H18O2.ClH/c1-3-10-6-12-5-4-11(8-13(12)7-10)9(2)14(15)16;/h4-5,8-10H,3,6-7H2,1-2H3,(H,15,16);1H. The van der Waals surface area contributed by atoms with Crippen LogP contribution in [0.15, 0.2) is 18.2 Å². The Morgan fingerprint density at radius 3 is 2.65 bits per heavy atom. The van der Waals surface area contributed by atoms with Crippen molar-refractivity contribution in [3.63, 3.8) is 0 Å². The van der Waals surface area contributed by atoms with Crippen LogP contribution in [0.3, 0.4) is 0 Å². The van der Waals surface area contributed by atoms with E-state index >= 15 is 0 Å². The average molecular weight is 255 g/mol. The highest BCUT2D eigenvalue weighted by Gasteiger charge is 2.22. The normalized spacial score (nSPS) is 19.3. The minimum atomic E-state index is -0.745. The third kappa shape index (κ3) is 2.81. The fraction of sp³-hybridized carbons (Fsp3) is 0.500. The van der Waals surface area contributed by atoms with Crippen LogP contribution < -0.4 is 0 Å². The average Bonchev–Trinajstić information content (AvgIpc) is 2.69. The number of aliphatic carboxylic acids is 1. The SMILES string of the molecule is CCC1Cc2ccc(C(C)C(=O)O)cc2C1.Cl. The van der Waals surface area contributed by atoms with Gasteiger partial charge in [-0.1, -0.05) is 31.5 Å². The Morgan fingerprint density at radius 2 is 2.06 bits per heavy atom. The molecular weight excluding hydrogens is 236 g/mol. The molecule has 1 aromatic carbocycles. The molecule has 94 valence electrons. The van der Waals surface area contributed by atoms with Crippen molar-refractivity contribution in [2.24, 2.45) is 5.92 Å². The molecule has 1 aromatic rings. The van der Waals surface area contributed by atoms with Crippen molar-refractivity contribution in [3.05, 3.63) is 34.9 Å². The van der Waals surface area contributed by atoms with Crippen LogP contribution in [-0.2, 0) is 17.6 Å². The molecule has 0 heterocycles. The van der Waals surface area contributed by atoms with Crippen molar-refractivity contribution < 1.29 is 9.90 Å². The van der Waals surface area contributed by atoms with E-state index in [1.807, 2.05) is 6.07 Å². The number of hydrogen-bond acceptors (Lipinski definition) is 1. The summed E-state index contributed by atoms with van der Waals surface area (Å²) < 4.78 is 0. The third-order valence-electron chi connectivity index (χ3n) is 3.70. The number of halogens is 1. The first-order chi connectivity index (χ1) is 7.61. The summed E-state index contributed by atoms with van der Waals surface area (Å²) in [7, 11) is 0. The molecular formula is C14H19ClO2. The number of rotatable bonds is 3. The second-order valence-corrected chi connectivity index (χ2v) is 4.77. The zero-order valence-electron chi connectivity index (χ0n) is 10.3. The highest BCUT2D eigenvalue weighted by molar-refractivity contribution is 5.85. The summed E-state index contributed by atoms with van der Waals surface area (Å²) in [6.07, 6.45) is 3.48. The summed E-state index contributed by atoms with van der Waals surface area (Å²) in [6, 6.07) is 6.17. The van der Waals surface area contributed by atoms with Gasteiger partial charge in [0.05, 0.1) is 5.92 Å². The molecule has 0 aromatic heterocycles. The monoisotopic (exact) mass is 254 g/mol. The van der Waals surface area contributed by atoms with Crippen LogP contribution in [0.4, 0.5) is 0 Å². The first-order valence-electron chi connectivity index (χ1n) is 5.96. The van der Waals surface area contributed by atoms with Crippen LogP contribution in [0.25, 0.3) is 0 Å². The minimum Gasteiger partial charge on any atom is -0.481 e. The highest BCUT2D eigenvalue weighted by atomic mass is 35.5. The molecule has 0 saturated heterocycles. The quantitative estimate of drug-likeness (QED) is 0.897. The Labute approximate surface area is 108 Å². The number of hydrogen-bond donors (Lipinski definition) is 1. The molecule has 0 saturated carbocycles. The molecule has 0 aliphatic heterocycles. The summed E-state index contributed by atoms with van der Waals surface area (Å²) in [5.41, 5.74) is 3.70. The number of benzene rings is 1. The summed E-state index contributed by atoms with van der Waals surface area (Å²) in [6.45, 7) is 3.97. The van der Waals surface area contributed by atoms with Gasteiger partial charge in [-0.3, -0.25) is 4.79 Å². The lowest BCUT2D eigenvalue weighted by Gasteiger charge is -2.08. The van der Waals surface area contributed by atoms with Crippen LogP contribution in [0.1, 0.15) is 42.9 Å². The van der Waals surface area contributed by atoms with E-state index in [-0.39, 0.29) is 12.4 Å². The Bertz CT molecular complexity index is 415. The Hall–Kier alpha value is -1.02. The fourth-order valence-electron chi connectivity index (χ4n) is 2.43. The highest BCUT2D eigenvalue weighted by Crippen LogP contribution is 2.31. The van der Waals surface area contributed by atoms with Gasteiger partial charge < -0.3 is 5.11 Å². The van der Waals surface area contributed by atoms with Crippen LogP contribution in [-0.4, -0.2) is 11.1 Å². The molecule has 2 unspecified atom stereocenters. The smallest absolute Gasteiger partial charge is 0.310 e. The zero-order valence-corrected chi connectivity index (χ0v) is 11.1. The zero-order chi connectivity index (χ0) is 11.7. The predicted octanol–water partition coefficient (Wildman–Crippen LogP) is 3.42. The molecule has 2 atom stereocenters. The van der Waals surface area contributed by atoms with Gasteiger partial charge in [0.1, 0.15) is 0 Å². The van der Waals surface area contributed by atoms with Crippen molar-refractivity contribution in [2.75, 3.05) is 0 Å². The molecule has 0 amide bonds. The van der Waals surface area contributed by atoms with Crippen LogP contribution in [0, 0.1) is 5.92 Å². The van der Waals surface area contributed by atoms with Gasteiger partial charge in [-0.25, -0.2) is 0 Å². The Kier molecular flexibility index (Phi) is 4.58. The lowest BCUT2D eigenvalue weighted by Crippen LogP contribution is -2.07. The molecule has 3 heteroatoms. The van der Waals surface area contributed by atoms with Gasteiger partial charge in [0, 0.05) is 0 Å². The second-order valence-electron chi connectivity index (χ2n) is 4.77. The molecule has 2 nitrogen and oxygen atoms in total. The lowest BCUT2D eigenvalue weighted by atomic mass is 9.97. The van der Waals surface area contributed by atoms with E-state index in [4.69, 9.17) is 5.11 Å². The number of carboxylic acids is 1. The predicted molar refractivity (Wildman–Crippen MR) is 70.9 cm³/mol. The van der Waals surface area contributed by atoms with Crippen LogP contribution in [0.2, 0.25) is 0 Å². The van der Waals surface area contributed by atoms with Crippen molar-refractivity contribution in [1.82, 2.24) is 0 Å². The van der Waals surface area contributed by atoms with Crippen molar-refractivity contribution in [1.29, 1.82) is 0 Å². The van der Waals surface area contributed by atoms with E-state index in [0.717, 1.165) is 24.3 Å². The van der Waals surface area contributed by atoms with Gasteiger partial charge in [0.25, 0.3) is 0 Å². The fourth-order valence-corrected chi connectivity index (χ4v) is 2.43. The summed E-state index contributed by atoms with van der Waals surface area (Å²) in [5.74, 6) is -0.388. The van der Waals surface area contributed by atoms with E-state index in [0.29, 0.717) is 0 Å². The second kappa shape index (κ2) is 5.54. The van der Waals surface area contributed by atoms with Gasteiger partial charge in [-0.05, 0) is 42.4 Å². The van der Waals surface area contributed by atoms with Crippen molar-refractivity contribution >= 4 is 18.4 Å². The van der Waals surface area contributed by atoms with E-state index in [1.165, 1.54) is 17.5 Å². The summed E-state index contributed by atoms with van der Waals surface area (Å²) in [4.78, 5) is 10.9. The maximum atomic E-state index is 10.9. The molecule has 1 aliphatic rings. The van der Waals surface area contributed by atoms with Gasteiger partial charge in [-0.2, -0.15) is 0 Å². The topological polar surface area (TPSA) is 37.3 Å². The molecule has 0 radical (unpaired) electrons. The number of fused-ring (bicyclic) bond motifs is 1. The largest absolute Gasteiger partial charge is 0.481 e. The molecule has 0 fully saturated rings. The van der Waals surface area contributed by atoms with Crippen LogP contribution in [0.5, 0.6) is 0 Å². The maximum Gasteiger partial charge on any atom is 0.310 e. The molecule has 0 bridgehead atoms. The van der Waals surface area contributed by atoms with Crippen molar-refractivity contribution in [3.8, 4) is 0 Å². The van der Waals surface area contributed by atoms with Gasteiger partial charge in [-0.15, -0.1) is 12.4 Å². The molecule has 0 spiro atoms. The Balaban J connectivity index is 0.00000144. The van der Waals surface area contributed by atoms with Gasteiger partial charge in [0.15, 0.2) is 0 Å². The first kappa shape index (κ1) is 14.0. The molecule has 17 heavy (non-hydrogen) atoms. The number of carboxylic acid groups (broad SMARTS) is 1. The minimum absolute atomic E-state index is 0. The molecule has 1 aliphatic carbocycles. The van der Waals surface area contributed by atoms with Gasteiger partial charge >= 0.3 is 5.97 Å². The lowest BCUT2D eigenvalue weighted by molar-refractivity contribution is -0.138. The first-order valence-corrected chi connectivity index (χ1v) is 5.96. The molecule has 2 rings (SSSR count). The van der Waals surface area contributed by atoms with E-state index in [2.05, 4.69) is 19.1 Å². The Morgan fingerprint density at radius 1 is 1.41 bits per heavy atom. The number of carbonyl (C=O) groups is 1. The van der Waals surface area contributed by atoms with Gasteiger partial charge in [0.2, 0.25) is 0 Å². The van der Waals surface area contributed by atoms with Crippen molar-refractivity contribution in [2.45, 2.75) is 39.0 Å². The summed E-state index contributed by atoms with van der Waals surface area (Å²) >= 11 is 0. The summed E-state index contributed by atoms with van der Waals surface area (Å²) in [5, 5.41) is 8.98. The maximum absolute atomic E-state index is 10.9.